The molecule has 1 rings (SSSR count). The third-order valence-electron chi connectivity index (χ3n) is 2.66. The van der Waals surface area contributed by atoms with Gasteiger partial charge >= 0.3 is 0 Å². The van der Waals surface area contributed by atoms with Gasteiger partial charge in [0.1, 0.15) is 11.5 Å². The van der Waals surface area contributed by atoms with Gasteiger partial charge in [0.25, 0.3) is 0 Å². The van der Waals surface area contributed by atoms with Gasteiger partial charge in [-0.25, -0.2) is 0 Å². The number of furan rings is 1. The molecule has 1 heterocycles. The van der Waals surface area contributed by atoms with Gasteiger partial charge in [-0.2, -0.15) is 0 Å². The Balaban J connectivity index is 2.66. The molecule has 0 saturated heterocycles. The summed E-state index contributed by atoms with van der Waals surface area (Å²) in [4.78, 5) is 11.7. The average Bonchev–Trinajstić information content (AvgIpc) is 2.58. The Morgan fingerprint density at radius 3 is 2.76 bits per heavy atom. The van der Waals surface area contributed by atoms with Crippen molar-refractivity contribution in [3.05, 3.63) is 35.8 Å². The van der Waals surface area contributed by atoms with Crippen LogP contribution in [0.15, 0.2) is 23.1 Å². The number of aryl methyl sites for hydroxylation is 2. The van der Waals surface area contributed by atoms with Gasteiger partial charge in [0.15, 0.2) is 0 Å². The van der Waals surface area contributed by atoms with Crippen LogP contribution in [0.3, 0.4) is 0 Å². The average molecular weight is 236 g/mol. The summed E-state index contributed by atoms with van der Waals surface area (Å²) >= 11 is 0. The molecule has 0 aliphatic carbocycles. The lowest BCUT2D eigenvalue weighted by molar-refractivity contribution is -0.122. The lowest BCUT2D eigenvalue weighted by atomic mass is 10.1. The second-order valence-electron chi connectivity index (χ2n) is 4.23. The zero-order chi connectivity index (χ0) is 13.0. The van der Waals surface area contributed by atoms with Crippen molar-refractivity contribution in [1.29, 1.82) is 0 Å². The standard InChI is InChI=1S/C13H20N2O2/c1-5-6-12(14)13(16)15-9(3)11-7-8(2)17-10(11)4/h5,7,9,12H,1,6,14H2,2-4H3,(H,15,16). The first kappa shape index (κ1) is 13.5. The molecule has 2 atom stereocenters. The topological polar surface area (TPSA) is 68.3 Å². The fourth-order valence-corrected chi connectivity index (χ4v) is 1.77. The van der Waals surface area contributed by atoms with Crippen LogP contribution in [0.1, 0.15) is 36.5 Å². The maximum atomic E-state index is 11.7. The van der Waals surface area contributed by atoms with Crippen molar-refractivity contribution < 1.29 is 9.21 Å². The minimum atomic E-state index is -0.539. The van der Waals surface area contributed by atoms with Crippen LogP contribution in [0.5, 0.6) is 0 Å². The molecule has 94 valence electrons. The number of nitrogens with two attached hydrogens (primary N) is 1. The number of nitrogens with one attached hydrogen (secondary N) is 1. The van der Waals surface area contributed by atoms with Crippen LogP contribution in [-0.2, 0) is 4.79 Å². The maximum Gasteiger partial charge on any atom is 0.237 e. The molecule has 0 aliphatic heterocycles. The minimum absolute atomic E-state index is 0.101. The number of amides is 1. The van der Waals surface area contributed by atoms with Gasteiger partial charge in [-0.1, -0.05) is 6.08 Å². The summed E-state index contributed by atoms with van der Waals surface area (Å²) in [6.45, 7) is 9.24. The summed E-state index contributed by atoms with van der Waals surface area (Å²) in [5.41, 5.74) is 6.68. The molecule has 1 aromatic heterocycles. The van der Waals surface area contributed by atoms with E-state index in [0.717, 1.165) is 17.1 Å². The van der Waals surface area contributed by atoms with E-state index in [-0.39, 0.29) is 11.9 Å². The van der Waals surface area contributed by atoms with Gasteiger partial charge in [-0.15, -0.1) is 6.58 Å². The summed E-state index contributed by atoms with van der Waals surface area (Å²) in [7, 11) is 0. The van der Waals surface area contributed by atoms with Gasteiger partial charge < -0.3 is 15.5 Å². The molecule has 4 nitrogen and oxygen atoms in total. The number of hydrogen-bond donors (Lipinski definition) is 2. The molecular weight excluding hydrogens is 216 g/mol. The van der Waals surface area contributed by atoms with Gasteiger partial charge in [-0.05, 0) is 33.3 Å². The second-order valence-corrected chi connectivity index (χ2v) is 4.23. The van der Waals surface area contributed by atoms with Crippen LogP contribution >= 0.6 is 0 Å². The van der Waals surface area contributed by atoms with Crippen molar-refractivity contribution in [2.75, 3.05) is 0 Å². The van der Waals surface area contributed by atoms with E-state index in [9.17, 15) is 4.79 Å². The molecule has 2 unspecified atom stereocenters. The van der Waals surface area contributed by atoms with Crippen molar-refractivity contribution >= 4 is 5.91 Å². The maximum absolute atomic E-state index is 11.7. The third-order valence-corrected chi connectivity index (χ3v) is 2.66. The van der Waals surface area contributed by atoms with Gasteiger partial charge in [0, 0.05) is 5.56 Å². The van der Waals surface area contributed by atoms with Crippen LogP contribution in [0.2, 0.25) is 0 Å². The fraction of sp³-hybridized carbons (Fsp3) is 0.462. The van der Waals surface area contributed by atoms with E-state index in [0.29, 0.717) is 6.42 Å². The van der Waals surface area contributed by atoms with Gasteiger partial charge in [0.05, 0.1) is 12.1 Å². The molecule has 1 amide bonds. The quantitative estimate of drug-likeness (QED) is 0.768. The fourth-order valence-electron chi connectivity index (χ4n) is 1.77. The summed E-state index contributed by atoms with van der Waals surface area (Å²) in [5, 5.41) is 2.86. The molecule has 0 aliphatic rings. The van der Waals surface area contributed by atoms with Crippen molar-refractivity contribution in [3.63, 3.8) is 0 Å². The van der Waals surface area contributed by atoms with E-state index in [2.05, 4.69) is 11.9 Å². The zero-order valence-electron chi connectivity index (χ0n) is 10.6. The van der Waals surface area contributed by atoms with Crippen LogP contribution in [0.4, 0.5) is 0 Å². The van der Waals surface area contributed by atoms with Crippen LogP contribution in [-0.4, -0.2) is 11.9 Å². The first-order valence-corrected chi connectivity index (χ1v) is 5.69. The largest absolute Gasteiger partial charge is 0.466 e. The third kappa shape index (κ3) is 3.46. The van der Waals surface area contributed by atoms with E-state index in [1.54, 1.807) is 6.08 Å². The Morgan fingerprint density at radius 1 is 1.65 bits per heavy atom. The highest BCUT2D eigenvalue weighted by Crippen LogP contribution is 2.21. The first-order chi connectivity index (χ1) is 7.95. The summed E-state index contributed by atoms with van der Waals surface area (Å²) < 4.78 is 5.43. The molecule has 0 spiro atoms. The number of rotatable bonds is 5. The summed E-state index contributed by atoms with van der Waals surface area (Å²) in [5.74, 6) is 1.50. The molecule has 3 N–H and O–H groups in total. The minimum Gasteiger partial charge on any atom is -0.466 e. The monoisotopic (exact) mass is 236 g/mol. The van der Waals surface area contributed by atoms with Crippen molar-refractivity contribution in [3.8, 4) is 0 Å². The zero-order valence-corrected chi connectivity index (χ0v) is 10.6. The van der Waals surface area contributed by atoms with Gasteiger partial charge in [-0.3, -0.25) is 4.79 Å². The summed E-state index contributed by atoms with van der Waals surface area (Å²) in [6.07, 6.45) is 2.12. The Kier molecular flexibility index (Phi) is 4.52. The molecule has 4 heteroatoms. The first-order valence-electron chi connectivity index (χ1n) is 5.69. The molecular formula is C13H20N2O2. The van der Waals surface area contributed by atoms with E-state index in [4.69, 9.17) is 10.2 Å². The molecule has 17 heavy (non-hydrogen) atoms. The van der Waals surface area contributed by atoms with Gasteiger partial charge in [0.2, 0.25) is 5.91 Å². The molecule has 0 aromatic carbocycles. The second kappa shape index (κ2) is 5.68. The lowest BCUT2D eigenvalue weighted by Crippen LogP contribution is -2.41. The van der Waals surface area contributed by atoms with E-state index >= 15 is 0 Å². The van der Waals surface area contributed by atoms with Crippen molar-refractivity contribution in [2.45, 2.75) is 39.3 Å². The van der Waals surface area contributed by atoms with Crippen LogP contribution in [0.25, 0.3) is 0 Å². The Hall–Kier alpha value is -1.55. The van der Waals surface area contributed by atoms with E-state index in [1.807, 2.05) is 26.8 Å². The number of carbonyl (C=O) groups is 1. The highest BCUT2D eigenvalue weighted by Gasteiger charge is 2.18. The number of carbonyl (C=O) groups excluding carboxylic acids is 1. The Labute approximate surface area is 102 Å². The van der Waals surface area contributed by atoms with Crippen LogP contribution < -0.4 is 11.1 Å². The predicted molar refractivity (Wildman–Crippen MR) is 67.5 cm³/mol. The van der Waals surface area contributed by atoms with E-state index < -0.39 is 6.04 Å². The molecule has 1 aromatic rings. The lowest BCUT2D eigenvalue weighted by Gasteiger charge is -2.16. The normalized spacial score (nSPS) is 14.1. The van der Waals surface area contributed by atoms with E-state index in [1.165, 1.54) is 0 Å². The molecule has 0 saturated carbocycles. The predicted octanol–water partition coefficient (Wildman–Crippen LogP) is 1.98. The molecule has 0 radical (unpaired) electrons. The SMILES string of the molecule is C=CCC(N)C(=O)NC(C)c1cc(C)oc1C. The number of hydrogen-bond acceptors (Lipinski definition) is 3. The van der Waals surface area contributed by atoms with Crippen molar-refractivity contribution in [2.24, 2.45) is 5.73 Å². The smallest absolute Gasteiger partial charge is 0.237 e. The molecule has 0 fully saturated rings. The van der Waals surface area contributed by atoms with Crippen molar-refractivity contribution in [1.82, 2.24) is 5.32 Å². The Morgan fingerprint density at radius 2 is 2.29 bits per heavy atom. The Bertz CT molecular complexity index is 410. The highest BCUT2D eigenvalue weighted by atomic mass is 16.3. The summed E-state index contributed by atoms with van der Waals surface area (Å²) in [6, 6.07) is 1.29. The molecule has 0 bridgehead atoms. The van der Waals surface area contributed by atoms with Crippen LogP contribution in [0, 0.1) is 13.8 Å². The highest BCUT2D eigenvalue weighted by molar-refractivity contribution is 5.82.